The first-order valence-electron chi connectivity index (χ1n) is 8.00. The molecule has 2 aromatic carbocycles. The van der Waals surface area contributed by atoms with E-state index in [0.717, 1.165) is 27.8 Å². The van der Waals surface area contributed by atoms with E-state index in [1.807, 2.05) is 12.1 Å². The molecule has 0 aromatic heterocycles. The van der Waals surface area contributed by atoms with E-state index in [1.54, 1.807) is 11.8 Å². The van der Waals surface area contributed by atoms with Gasteiger partial charge in [-0.05, 0) is 58.7 Å². The highest BCUT2D eigenvalue weighted by molar-refractivity contribution is 7.98. The van der Waals surface area contributed by atoms with Crippen LogP contribution < -0.4 is 5.73 Å². The molecule has 0 atom stereocenters. The maximum absolute atomic E-state index is 11.0. The van der Waals surface area contributed by atoms with E-state index >= 15 is 0 Å². The summed E-state index contributed by atoms with van der Waals surface area (Å²) in [6, 6.07) is 15.8. The van der Waals surface area contributed by atoms with Crippen molar-refractivity contribution in [1.29, 1.82) is 0 Å². The summed E-state index contributed by atoms with van der Waals surface area (Å²) >= 11 is 1.72. The van der Waals surface area contributed by atoms with E-state index < -0.39 is 6.03 Å². The van der Waals surface area contributed by atoms with E-state index in [4.69, 9.17) is 5.73 Å². The Bertz CT molecular complexity index is 841. The standard InChI is InChI=1S/C20H20N2O2S/c1-25-17-8-6-14(7-9-17)12-16-13-15(10-11-22(24)20(21)23)18-4-2-3-5-19(16)18/h2-9,12-13,24H,10-11H2,1H3,(H2,21,23)/b16-12-. The lowest BCUT2D eigenvalue weighted by Crippen LogP contribution is -2.33. The fourth-order valence-corrected chi connectivity index (χ4v) is 3.31. The first kappa shape index (κ1) is 17.3. The molecule has 3 N–H and O–H groups in total. The lowest BCUT2D eigenvalue weighted by Gasteiger charge is -2.12. The van der Waals surface area contributed by atoms with Crippen molar-refractivity contribution in [3.8, 4) is 0 Å². The van der Waals surface area contributed by atoms with Crippen LogP contribution >= 0.6 is 11.8 Å². The second-order valence-electron chi connectivity index (χ2n) is 5.80. The largest absolute Gasteiger partial charge is 0.350 e. The van der Waals surface area contributed by atoms with Gasteiger partial charge >= 0.3 is 6.03 Å². The van der Waals surface area contributed by atoms with Gasteiger partial charge in [-0.25, -0.2) is 9.86 Å². The van der Waals surface area contributed by atoms with E-state index in [-0.39, 0.29) is 6.54 Å². The molecule has 0 unspecified atom stereocenters. The van der Waals surface area contributed by atoms with Gasteiger partial charge in [0, 0.05) is 4.90 Å². The van der Waals surface area contributed by atoms with Crippen molar-refractivity contribution < 1.29 is 10.0 Å². The molecule has 5 heteroatoms. The van der Waals surface area contributed by atoms with Gasteiger partial charge in [0.05, 0.1) is 6.54 Å². The van der Waals surface area contributed by atoms with Crippen molar-refractivity contribution in [2.75, 3.05) is 12.8 Å². The fraction of sp³-hybridized carbons (Fsp3) is 0.150. The number of amides is 2. The number of thioether (sulfide) groups is 1. The molecule has 0 saturated heterocycles. The second-order valence-corrected chi connectivity index (χ2v) is 6.68. The molecule has 0 fully saturated rings. The monoisotopic (exact) mass is 352 g/mol. The van der Waals surface area contributed by atoms with Crippen LogP contribution in [-0.2, 0) is 0 Å². The van der Waals surface area contributed by atoms with E-state index in [9.17, 15) is 10.0 Å². The Balaban J connectivity index is 1.88. The van der Waals surface area contributed by atoms with Crippen LogP contribution in [0.2, 0.25) is 0 Å². The van der Waals surface area contributed by atoms with Crippen molar-refractivity contribution in [1.82, 2.24) is 5.06 Å². The van der Waals surface area contributed by atoms with Gasteiger partial charge in [0.15, 0.2) is 0 Å². The third kappa shape index (κ3) is 3.95. The Morgan fingerprint density at radius 3 is 2.48 bits per heavy atom. The number of carbonyl (C=O) groups excluding carboxylic acids is 1. The van der Waals surface area contributed by atoms with Crippen LogP contribution in [0.15, 0.2) is 59.5 Å². The molecular weight excluding hydrogens is 332 g/mol. The predicted molar refractivity (Wildman–Crippen MR) is 103 cm³/mol. The summed E-state index contributed by atoms with van der Waals surface area (Å²) in [4.78, 5) is 12.2. The van der Waals surface area contributed by atoms with Gasteiger partial charge in [-0.3, -0.25) is 5.21 Å². The van der Waals surface area contributed by atoms with Gasteiger partial charge < -0.3 is 5.73 Å². The minimum absolute atomic E-state index is 0.172. The normalized spacial score (nSPS) is 14.3. The van der Waals surface area contributed by atoms with Crippen LogP contribution in [0.25, 0.3) is 17.2 Å². The Morgan fingerprint density at radius 1 is 1.16 bits per heavy atom. The number of nitrogens with two attached hydrogens (primary N) is 1. The topological polar surface area (TPSA) is 66.6 Å². The molecule has 2 amide bonds. The van der Waals surface area contributed by atoms with Crippen LogP contribution in [0, 0.1) is 0 Å². The maximum atomic E-state index is 11.0. The molecule has 1 aliphatic rings. The van der Waals surface area contributed by atoms with Crippen molar-refractivity contribution >= 4 is 35.0 Å². The third-order valence-corrected chi connectivity index (χ3v) is 4.94. The lowest BCUT2D eigenvalue weighted by molar-refractivity contribution is -0.0372. The van der Waals surface area contributed by atoms with Crippen LogP contribution in [-0.4, -0.2) is 29.1 Å². The molecule has 0 heterocycles. The fourth-order valence-electron chi connectivity index (χ4n) is 2.90. The number of hydrogen-bond donors (Lipinski definition) is 2. The number of hydroxylamine groups is 2. The van der Waals surface area contributed by atoms with Crippen molar-refractivity contribution in [3.05, 3.63) is 71.3 Å². The molecule has 0 aliphatic heterocycles. The highest BCUT2D eigenvalue weighted by Gasteiger charge is 2.18. The predicted octanol–water partition coefficient (Wildman–Crippen LogP) is 4.51. The summed E-state index contributed by atoms with van der Waals surface area (Å²) in [6.07, 6.45) is 6.87. The van der Waals surface area contributed by atoms with Gasteiger partial charge in [0.25, 0.3) is 0 Å². The first-order chi connectivity index (χ1) is 12.1. The highest BCUT2D eigenvalue weighted by atomic mass is 32.2. The molecule has 4 nitrogen and oxygen atoms in total. The molecule has 1 aliphatic carbocycles. The number of allylic oxidation sites excluding steroid dienone is 2. The van der Waals surface area contributed by atoms with Gasteiger partial charge in [-0.1, -0.05) is 42.5 Å². The molecule has 0 radical (unpaired) electrons. The number of benzene rings is 2. The number of fused-ring (bicyclic) bond motifs is 1. The van der Waals surface area contributed by atoms with Crippen LogP contribution in [0.3, 0.4) is 0 Å². The molecule has 0 spiro atoms. The zero-order chi connectivity index (χ0) is 17.8. The quantitative estimate of drug-likeness (QED) is 0.473. The lowest BCUT2D eigenvalue weighted by atomic mass is 10.0. The maximum Gasteiger partial charge on any atom is 0.338 e. The smallest absolute Gasteiger partial charge is 0.338 e. The van der Waals surface area contributed by atoms with Crippen LogP contribution in [0.1, 0.15) is 23.1 Å². The Morgan fingerprint density at radius 2 is 1.84 bits per heavy atom. The van der Waals surface area contributed by atoms with Crippen molar-refractivity contribution in [2.24, 2.45) is 5.73 Å². The zero-order valence-electron chi connectivity index (χ0n) is 14.0. The summed E-state index contributed by atoms with van der Waals surface area (Å²) in [5.74, 6) is 0. The minimum atomic E-state index is -0.837. The van der Waals surface area contributed by atoms with E-state index in [0.29, 0.717) is 11.5 Å². The summed E-state index contributed by atoms with van der Waals surface area (Å²) in [7, 11) is 0. The number of hydrogen-bond acceptors (Lipinski definition) is 3. The molecule has 0 saturated carbocycles. The summed E-state index contributed by atoms with van der Waals surface area (Å²) in [5.41, 5.74) is 10.7. The number of carbonyl (C=O) groups is 1. The van der Waals surface area contributed by atoms with Gasteiger partial charge in [-0.15, -0.1) is 11.8 Å². The Kier molecular flexibility index (Phi) is 5.26. The molecule has 128 valence electrons. The minimum Gasteiger partial charge on any atom is -0.350 e. The molecular formula is C20H20N2O2S. The van der Waals surface area contributed by atoms with Crippen LogP contribution in [0.4, 0.5) is 4.79 Å². The third-order valence-electron chi connectivity index (χ3n) is 4.20. The molecule has 25 heavy (non-hydrogen) atoms. The number of urea groups is 1. The molecule has 0 bridgehead atoms. The number of primary amides is 1. The molecule has 3 rings (SSSR count). The number of rotatable bonds is 5. The number of nitrogens with zero attached hydrogens (tertiary/aromatic N) is 1. The van der Waals surface area contributed by atoms with Crippen molar-refractivity contribution in [2.45, 2.75) is 11.3 Å². The second kappa shape index (κ2) is 7.59. The summed E-state index contributed by atoms with van der Waals surface area (Å²) in [5, 5.41) is 10.0. The average Bonchev–Trinajstić information content (AvgIpc) is 2.98. The van der Waals surface area contributed by atoms with Crippen molar-refractivity contribution in [3.63, 3.8) is 0 Å². The van der Waals surface area contributed by atoms with Gasteiger partial charge in [0.1, 0.15) is 0 Å². The van der Waals surface area contributed by atoms with Gasteiger partial charge in [-0.2, -0.15) is 0 Å². The van der Waals surface area contributed by atoms with Gasteiger partial charge in [0.2, 0.25) is 0 Å². The zero-order valence-corrected chi connectivity index (χ0v) is 14.8. The Labute approximate surface area is 151 Å². The Hall–Kier alpha value is -2.50. The average molecular weight is 352 g/mol. The summed E-state index contributed by atoms with van der Waals surface area (Å²) in [6.45, 7) is 0.172. The van der Waals surface area contributed by atoms with E-state index in [1.165, 1.54) is 4.90 Å². The summed E-state index contributed by atoms with van der Waals surface area (Å²) < 4.78 is 0. The van der Waals surface area contributed by atoms with E-state index in [2.05, 4.69) is 54.8 Å². The van der Waals surface area contributed by atoms with Crippen LogP contribution in [0.5, 0.6) is 0 Å². The first-order valence-corrected chi connectivity index (χ1v) is 9.23. The SMILES string of the molecule is CSc1ccc(/C=C2/C=C(CCN(O)C(N)=O)c3ccccc32)cc1. The molecule has 2 aromatic rings. The highest BCUT2D eigenvalue weighted by Crippen LogP contribution is 2.38.